The van der Waals surface area contributed by atoms with Crippen molar-refractivity contribution in [3.8, 4) is 0 Å². The number of aromatic nitrogens is 1. The van der Waals surface area contributed by atoms with Gasteiger partial charge in [-0.1, -0.05) is 11.6 Å². The van der Waals surface area contributed by atoms with Crippen molar-refractivity contribution < 1.29 is 13.5 Å². The van der Waals surface area contributed by atoms with Gasteiger partial charge in [0.05, 0.1) is 27.2 Å². The molecule has 2 nitrogen and oxygen atoms in total. The maximum atomic E-state index is 13.8. The van der Waals surface area contributed by atoms with Crippen LogP contribution in [-0.4, -0.2) is 12.1 Å². The van der Waals surface area contributed by atoms with Gasteiger partial charge < -0.3 is 4.74 Å². The predicted molar refractivity (Wildman–Crippen MR) is 65.1 cm³/mol. The summed E-state index contributed by atoms with van der Waals surface area (Å²) in [6.07, 6.45) is 0. The average molecular weight is 323 g/mol. The van der Waals surface area contributed by atoms with E-state index in [9.17, 15) is 8.78 Å². The minimum atomic E-state index is -0.631. The van der Waals surface area contributed by atoms with Gasteiger partial charge in [-0.05, 0) is 28.1 Å². The van der Waals surface area contributed by atoms with Gasteiger partial charge >= 0.3 is 0 Å². The molecule has 2 aromatic rings. The van der Waals surface area contributed by atoms with Crippen LogP contribution in [0, 0.1) is 11.6 Å². The standard InChI is InChI=1S/C11H7BrClF2NO/c1-17-4-5-2-7(13)9-10(15)6(12)3-8(14)11(9)16-5/h2-3H,4H2,1H3. The Labute approximate surface area is 110 Å². The molecular formula is C11H7BrClF2NO. The molecule has 0 atom stereocenters. The molecule has 1 aromatic heterocycles. The van der Waals surface area contributed by atoms with Gasteiger partial charge in [0, 0.05) is 7.11 Å². The molecule has 0 aliphatic rings. The molecular weight excluding hydrogens is 315 g/mol. The number of fused-ring (bicyclic) bond motifs is 1. The zero-order valence-corrected chi connectivity index (χ0v) is 11.1. The van der Waals surface area contributed by atoms with E-state index in [4.69, 9.17) is 16.3 Å². The molecule has 2 rings (SSSR count). The molecule has 1 heterocycles. The molecule has 90 valence electrons. The highest BCUT2D eigenvalue weighted by Gasteiger charge is 2.16. The van der Waals surface area contributed by atoms with Gasteiger partial charge in [-0.2, -0.15) is 0 Å². The maximum Gasteiger partial charge on any atom is 0.150 e. The number of hydrogen-bond acceptors (Lipinski definition) is 2. The van der Waals surface area contributed by atoms with Crippen LogP contribution in [0.15, 0.2) is 16.6 Å². The van der Waals surface area contributed by atoms with Crippen molar-refractivity contribution >= 4 is 38.4 Å². The van der Waals surface area contributed by atoms with Crippen molar-refractivity contribution in [2.24, 2.45) is 0 Å². The van der Waals surface area contributed by atoms with Crippen LogP contribution in [0.2, 0.25) is 5.02 Å². The Morgan fingerprint density at radius 1 is 1.41 bits per heavy atom. The lowest BCUT2D eigenvalue weighted by molar-refractivity contribution is 0.182. The molecule has 0 unspecified atom stereocenters. The van der Waals surface area contributed by atoms with Gasteiger partial charge in [0.25, 0.3) is 0 Å². The van der Waals surface area contributed by atoms with Crippen LogP contribution in [0.3, 0.4) is 0 Å². The number of methoxy groups -OCH3 is 1. The van der Waals surface area contributed by atoms with E-state index in [-0.39, 0.29) is 27.0 Å². The summed E-state index contributed by atoms with van der Waals surface area (Å²) in [4.78, 5) is 3.98. The Bertz CT molecular complexity index is 591. The fourth-order valence-corrected chi connectivity index (χ4v) is 2.23. The van der Waals surface area contributed by atoms with E-state index in [0.29, 0.717) is 5.69 Å². The molecule has 1 aromatic carbocycles. The van der Waals surface area contributed by atoms with Crippen LogP contribution in [0.25, 0.3) is 10.9 Å². The van der Waals surface area contributed by atoms with Crippen LogP contribution in [0.5, 0.6) is 0 Å². The second-order valence-corrected chi connectivity index (χ2v) is 4.67. The number of halogens is 4. The number of rotatable bonds is 2. The highest BCUT2D eigenvalue weighted by molar-refractivity contribution is 9.10. The fourth-order valence-electron chi connectivity index (χ4n) is 1.53. The summed E-state index contributed by atoms with van der Waals surface area (Å²) < 4.78 is 32.4. The third kappa shape index (κ3) is 2.27. The van der Waals surface area contributed by atoms with E-state index < -0.39 is 11.6 Å². The summed E-state index contributed by atoms with van der Waals surface area (Å²) in [6.45, 7) is 0.187. The molecule has 0 saturated heterocycles. The quantitative estimate of drug-likeness (QED) is 0.777. The summed E-state index contributed by atoms with van der Waals surface area (Å²) in [5, 5.41) is 0.0816. The molecule has 0 amide bonds. The van der Waals surface area contributed by atoms with Gasteiger partial charge in [0.2, 0.25) is 0 Å². The Hall–Kier alpha value is -0.780. The van der Waals surface area contributed by atoms with Crippen molar-refractivity contribution in [3.63, 3.8) is 0 Å². The molecule has 0 aliphatic carbocycles. The van der Waals surface area contributed by atoms with Crippen LogP contribution in [0.1, 0.15) is 5.69 Å². The van der Waals surface area contributed by atoms with Gasteiger partial charge in [0.15, 0.2) is 5.82 Å². The van der Waals surface area contributed by atoms with Crippen molar-refractivity contribution in [2.45, 2.75) is 6.61 Å². The first-order valence-corrected chi connectivity index (χ1v) is 5.83. The zero-order chi connectivity index (χ0) is 12.6. The smallest absolute Gasteiger partial charge is 0.150 e. The summed E-state index contributed by atoms with van der Waals surface area (Å²) in [6, 6.07) is 2.49. The summed E-state index contributed by atoms with van der Waals surface area (Å²) in [5.74, 6) is -1.25. The Morgan fingerprint density at radius 2 is 2.12 bits per heavy atom. The fraction of sp³-hybridized carbons (Fsp3) is 0.182. The number of benzene rings is 1. The van der Waals surface area contributed by atoms with E-state index in [1.807, 2.05) is 0 Å². The normalized spacial score (nSPS) is 11.1. The minimum absolute atomic E-state index is 0.0192. The van der Waals surface area contributed by atoms with E-state index in [0.717, 1.165) is 6.07 Å². The number of nitrogens with zero attached hydrogens (tertiary/aromatic N) is 1. The van der Waals surface area contributed by atoms with E-state index >= 15 is 0 Å². The maximum absolute atomic E-state index is 13.8. The first-order chi connectivity index (χ1) is 8.04. The largest absolute Gasteiger partial charge is 0.378 e. The average Bonchev–Trinajstić information content (AvgIpc) is 2.26. The van der Waals surface area contributed by atoms with E-state index in [1.54, 1.807) is 0 Å². The summed E-state index contributed by atoms with van der Waals surface area (Å²) >= 11 is 8.85. The van der Waals surface area contributed by atoms with Crippen LogP contribution in [0.4, 0.5) is 8.78 Å². The van der Waals surface area contributed by atoms with Crippen molar-refractivity contribution in [1.82, 2.24) is 4.98 Å². The van der Waals surface area contributed by atoms with Gasteiger partial charge in [-0.15, -0.1) is 0 Å². The number of hydrogen-bond donors (Lipinski definition) is 0. The molecule has 0 N–H and O–H groups in total. The predicted octanol–water partition coefficient (Wildman–Crippen LogP) is 4.08. The van der Waals surface area contributed by atoms with E-state index in [1.165, 1.54) is 13.2 Å². The highest BCUT2D eigenvalue weighted by atomic mass is 79.9. The number of pyridine rings is 1. The molecule has 0 fully saturated rings. The van der Waals surface area contributed by atoms with Crippen LogP contribution in [-0.2, 0) is 11.3 Å². The Kier molecular flexibility index (Phi) is 3.61. The van der Waals surface area contributed by atoms with Crippen LogP contribution >= 0.6 is 27.5 Å². The second-order valence-electron chi connectivity index (χ2n) is 3.41. The van der Waals surface area contributed by atoms with Crippen LogP contribution < -0.4 is 0 Å². The molecule has 0 aliphatic heterocycles. The van der Waals surface area contributed by atoms with Crippen molar-refractivity contribution in [3.05, 3.63) is 39.0 Å². The zero-order valence-electron chi connectivity index (χ0n) is 8.73. The SMILES string of the molecule is COCc1cc(Cl)c2c(F)c(Br)cc(F)c2n1. The monoisotopic (exact) mass is 321 g/mol. The molecule has 0 bridgehead atoms. The molecule has 6 heteroatoms. The Balaban J connectivity index is 2.81. The van der Waals surface area contributed by atoms with Gasteiger partial charge in [-0.3, -0.25) is 0 Å². The lowest BCUT2D eigenvalue weighted by atomic mass is 10.2. The van der Waals surface area contributed by atoms with Crippen molar-refractivity contribution in [1.29, 1.82) is 0 Å². The third-order valence-corrected chi connectivity index (χ3v) is 3.10. The van der Waals surface area contributed by atoms with Crippen molar-refractivity contribution in [2.75, 3.05) is 7.11 Å². The molecule has 0 radical (unpaired) electrons. The number of ether oxygens (including phenoxy) is 1. The molecule has 0 spiro atoms. The highest BCUT2D eigenvalue weighted by Crippen LogP contribution is 2.32. The second kappa shape index (κ2) is 4.84. The van der Waals surface area contributed by atoms with E-state index in [2.05, 4.69) is 20.9 Å². The molecule has 17 heavy (non-hydrogen) atoms. The van der Waals surface area contributed by atoms with Gasteiger partial charge in [-0.25, -0.2) is 13.8 Å². The Morgan fingerprint density at radius 3 is 2.76 bits per heavy atom. The third-order valence-electron chi connectivity index (χ3n) is 2.23. The first kappa shape index (κ1) is 12.7. The lowest BCUT2D eigenvalue weighted by Gasteiger charge is -2.07. The molecule has 0 saturated carbocycles. The summed E-state index contributed by atoms with van der Waals surface area (Å²) in [5.41, 5.74) is 0.357. The van der Waals surface area contributed by atoms with Gasteiger partial charge in [0.1, 0.15) is 11.3 Å². The lowest BCUT2D eigenvalue weighted by Crippen LogP contribution is -1.97. The summed E-state index contributed by atoms with van der Waals surface area (Å²) in [7, 11) is 1.48. The first-order valence-electron chi connectivity index (χ1n) is 4.66. The topological polar surface area (TPSA) is 22.1 Å². The minimum Gasteiger partial charge on any atom is -0.378 e.